The predicted molar refractivity (Wildman–Crippen MR) is 75.2 cm³/mol. The first-order valence-electron chi connectivity index (χ1n) is 6.76. The van der Waals surface area contributed by atoms with Crippen LogP contribution in [0.2, 0.25) is 0 Å². The number of hydrogen-bond acceptors (Lipinski definition) is 2. The van der Waals surface area contributed by atoms with E-state index in [4.69, 9.17) is 4.74 Å². The van der Waals surface area contributed by atoms with Gasteiger partial charge in [-0.15, -0.1) is 0 Å². The fraction of sp³-hybridized carbons (Fsp3) is 0.533. The van der Waals surface area contributed by atoms with Crippen molar-refractivity contribution < 1.29 is 38.0 Å². The Bertz CT molecular complexity index is 483. The van der Waals surface area contributed by atoms with Crippen LogP contribution in [0.1, 0.15) is 30.0 Å². The lowest BCUT2D eigenvalue weighted by atomic mass is 9.85. The van der Waals surface area contributed by atoms with Gasteiger partial charge in [0.25, 0.3) is 0 Å². The molecule has 4 nitrogen and oxygen atoms in total. The van der Waals surface area contributed by atoms with Gasteiger partial charge in [-0.05, 0) is 18.9 Å². The zero-order valence-corrected chi connectivity index (χ0v) is 14.7. The molecule has 1 unspecified atom stereocenters. The van der Waals surface area contributed by atoms with E-state index in [0.717, 1.165) is 17.3 Å². The zero-order valence-electron chi connectivity index (χ0n) is 12.6. The number of nitrogens with one attached hydrogen (secondary N) is 1. The monoisotopic (exact) mass is 390 g/mol. The SMILES string of the molecule is CNC(=O)Oc1cccc2c1CCCC2[N+](C)(C)C.[I-]. The lowest BCUT2D eigenvalue weighted by molar-refractivity contribution is -0.903. The van der Waals surface area contributed by atoms with Crippen LogP contribution in [0.3, 0.4) is 0 Å². The number of carbonyl (C=O) groups excluding carboxylic acids is 1. The molecular formula is C15H23IN2O2. The van der Waals surface area contributed by atoms with E-state index in [1.807, 2.05) is 12.1 Å². The van der Waals surface area contributed by atoms with Crippen molar-refractivity contribution in [2.45, 2.75) is 25.3 Å². The Morgan fingerprint density at radius 1 is 1.35 bits per heavy atom. The minimum absolute atomic E-state index is 0. The maximum absolute atomic E-state index is 11.4. The van der Waals surface area contributed by atoms with Gasteiger partial charge in [0.1, 0.15) is 11.8 Å². The minimum atomic E-state index is -0.402. The Labute approximate surface area is 138 Å². The summed E-state index contributed by atoms with van der Waals surface area (Å²) in [7, 11) is 8.22. The number of hydrogen-bond donors (Lipinski definition) is 1. The first-order valence-corrected chi connectivity index (χ1v) is 6.76. The second-order valence-corrected chi connectivity index (χ2v) is 5.99. The smallest absolute Gasteiger partial charge is 0.412 e. The van der Waals surface area contributed by atoms with E-state index in [-0.39, 0.29) is 24.0 Å². The summed E-state index contributed by atoms with van der Waals surface area (Å²) in [5.74, 6) is 0.704. The highest BCUT2D eigenvalue weighted by Crippen LogP contribution is 2.39. The molecular weight excluding hydrogens is 367 g/mol. The highest BCUT2D eigenvalue weighted by molar-refractivity contribution is 5.70. The van der Waals surface area contributed by atoms with Crippen molar-refractivity contribution in [1.82, 2.24) is 5.32 Å². The van der Waals surface area contributed by atoms with Gasteiger partial charge in [-0.1, -0.05) is 12.1 Å². The van der Waals surface area contributed by atoms with Gasteiger partial charge in [-0.25, -0.2) is 4.79 Å². The Morgan fingerprint density at radius 2 is 2.05 bits per heavy atom. The Hall–Kier alpha value is -0.820. The second kappa shape index (κ2) is 6.76. The number of fused-ring (bicyclic) bond motifs is 1. The molecule has 1 aromatic rings. The van der Waals surface area contributed by atoms with Crippen LogP contribution in [-0.2, 0) is 6.42 Å². The number of carbonyl (C=O) groups is 1. The van der Waals surface area contributed by atoms with Crippen LogP contribution in [0.5, 0.6) is 5.75 Å². The summed E-state index contributed by atoms with van der Waals surface area (Å²) in [5, 5.41) is 2.50. The maximum Gasteiger partial charge on any atom is 0.412 e. The lowest BCUT2D eigenvalue weighted by Gasteiger charge is -2.38. The number of amides is 1. The molecule has 1 amide bonds. The summed E-state index contributed by atoms with van der Waals surface area (Å²) in [6.45, 7) is 0. The third-order valence-corrected chi connectivity index (χ3v) is 3.77. The first-order chi connectivity index (χ1) is 8.93. The van der Waals surface area contributed by atoms with Crippen molar-refractivity contribution in [2.24, 2.45) is 0 Å². The number of halogens is 1. The van der Waals surface area contributed by atoms with Crippen molar-refractivity contribution in [1.29, 1.82) is 0 Å². The Morgan fingerprint density at radius 3 is 2.65 bits per heavy atom. The van der Waals surface area contributed by atoms with E-state index in [0.29, 0.717) is 11.8 Å². The molecule has 0 spiro atoms. The van der Waals surface area contributed by atoms with Gasteiger partial charge in [0.15, 0.2) is 0 Å². The number of quaternary nitrogens is 1. The summed E-state index contributed by atoms with van der Waals surface area (Å²) in [5.41, 5.74) is 2.51. The molecule has 0 heterocycles. The van der Waals surface area contributed by atoms with Crippen LogP contribution in [0.15, 0.2) is 18.2 Å². The molecule has 1 aliphatic carbocycles. The average Bonchev–Trinajstić information content (AvgIpc) is 2.37. The van der Waals surface area contributed by atoms with Gasteiger partial charge in [0.05, 0.1) is 21.1 Å². The van der Waals surface area contributed by atoms with Crippen LogP contribution in [-0.4, -0.2) is 38.8 Å². The fourth-order valence-corrected chi connectivity index (χ4v) is 2.84. The van der Waals surface area contributed by atoms with Crippen molar-refractivity contribution in [3.63, 3.8) is 0 Å². The van der Waals surface area contributed by atoms with Crippen LogP contribution in [0.25, 0.3) is 0 Å². The van der Waals surface area contributed by atoms with Crippen molar-refractivity contribution >= 4 is 6.09 Å². The molecule has 1 atom stereocenters. The molecule has 1 aromatic carbocycles. The van der Waals surface area contributed by atoms with Gasteiger partial charge in [-0.3, -0.25) is 0 Å². The molecule has 1 aliphatic rings. The van der Waals surface area contributed by atoms with E-state index in [1.165, 1.54) is 17.5 Å². The van der Waals surface area contributed by atoms with Crippen molar-refractivity contribution in [2.75, 3.05) is 28.2 Å². The highest BCUT2D eigenvalue weighted by atomic mass is 127. The molecule has 0 saturated carbocycles. The summed E-state index contributed by atoms with van der Waals surface area (Å²) < 4.78 is 6.27. The van der Waals surface area contributed by atoms with E-state index in [1.54, 1.807) is 7.05 Å². The zero-order chi connectivity index (χ0) is 14.0. The van der Waals surface area contributed by atoms with Gasteiger partial charge in [0, 0.05) is 24.6 Å². The Balaban J connectivity index is 0.00000200. The van der Waals surface area contributed by atoms with Crippen LogP contribution >= 0.6 is 0 Å². The van der Waals surface area contributed by atoms with Crippen molar-refractivity contribution in [3.05, 3.63) is 29.3 Å². The minimum Gasteiger partial charge on any atom is -1.00 e. The van der Waals surface area contributed by atoms with Gasteiger partial charge in [0.2, 0.25) is 0 Å². The lowest BCUT2D eigenvalue weighted by Crippen LogP contribution is -3.00. The molecule has 0 aromatic heterocycles. The topological polar surface area (TPSA) is 38.3 Å². The van der Waals surface area contributed by atoms with Gasteiger partial charge < -0.3 is 38.5 Å². The number of benzene rings is 1. The van der Waals surface area contributed by atoms with Crippen molar-refractivity contribution in [3.8, 4) is 5.75 Å². The van der Waals surface area contributed by atoms with Crippen LogP contribution < -0.4 is 34.0 Å². The standard InChI is InChI=1S/C15H22N2O2.HI/c1-16-15(18)19-14-10-6-7-11-12(14)8-5-9-13(11)17(2,3)4;/h6-7,10,13H,5,8-9H2,1-4H3;1H. The summed E-state index contributed by atoms with van der Waals surface area (Å²) in [4.78, 5) is 11.4. The van der Waals surface area contributed by atoms with E-state index >= 15 is 0 Å². The highest BCUT2D eigenvalue weighted by Gasteiger charge is 2.32. The first kappa shape index (κ1) is 17.2. The normalized spacial score (nSPS) is 17.7. The van der Waals surface area contributed by atoms with E-state index in [9.17, 15) is 4.79 Å². The fourth-order valence-electron chi connectivity index (χ4n) is 2.84. The number of rotatable bonds is 2. The second-order valence-electron chi connectivity index (χ2n) is 5.99. The summed E-state index contributed by atoms with van der Waals surface area (Å²) in [6.07, 6.45) is 2.90. The largest absolute Gasteiger partial charge is 1.00 e. The average molecular weight is 390 g/mol. The molecule has 5 heteroatoms. The molecule has 2 rings (SSSR count). The number of ether oxygens (including phenoxy) is 1. The molecule has 0 radical (unpaired) electrons. The summed E-state index contributed by atoms with van der Waals surface area (Å²) >= 11 is 0. The Kier molecular flexibility index (Phi) is 5.82. The molecule has 0 fully saturated rings. The molecule has 0 saturated heterocycles. The molecule has 20 heavy (non-hydrogen) atoms. The summed E-state index contributed by atoms with van der Waals surface area (Å²) in [6, 6.07) is 6.49. The molecule has 0 aliphatic heterocycles. The third kappa shape index (κ3) is 3.63. The van der Waals surface area contributed by atoms with Gasteiger partial charge in [-0.2, -0.15) is 0 Å². The number of nitrogens with zero attached hydrogens (tertiary/aromatic N) is 1. The van der Waals surface area contributed by atoms with Gasteiger partial charge >= 0.3 is 6.09 Å². The molecule has 0 bridgehead atoms. The molecule has 112 valence electrons. The quantitative estimate of drug-likeness (QED) is 0.546. The molecule has 1 N–H and O–H groups in total. The van der Waals surface area contributed by atoms with E-state index < -0.39 is 6.09 Å². The van der Waals surface area contributed by atoms with E-state index in [2.05, 4.69) is 32.5 Å². The third-order valence-electron chi connectivity index (χ3n) is 3.77. The maximum atomic E-state index is 11.4. The van der Waals surface area contributed by atoms with Crippen LogP contribution in [0, 0.1) is 0 Å². The predicted octanol–water partition coefficient (Wildman–Crippen LogP) is -0.508. The van der Waals surface area contributed by atoms with Crippen LogP contribution in [0.4, 0.5) is 4.79 Å².